The predicted octanol–water partition coefficient (Wildman–Crippen LogP) is 1.21. The van der Waals surface area contributed by atoms with E-state index in [1.54, 1.807) is 0 Å². The number of nitrogens with two attached hydrogens (primary N) is 1. The molecule has 0 aliphatic heterocycles. The van der Waals surface area contributed by atoms with Crippen LogP contribution in [0.1, 0.15) is 45.4 Å². The van der Waals surface area contributed by atoms with Crippen LogP contribution >= 0.6 is 0 Å². The summed E-state index contributed by atoms with van der Waals surface area (Å²) in [6.07, 6.45) is 5.72. The molecule has 17 heavy (non-hydrogen) atoms. The van der Waals surface area contributed by atoms with Gasteiger partial charge >= 0.3 is 0 Å². The number of amidine groups is 1. The minimum atomic E-state index is -0.739. The zero-order valence-electron chi connectivity index (χ0n) is 10.3. The Morgan fingerprint density at radius 1 is 1.41 bits per heavy atom. The topological polar surface area (TPSA) is 87.7 Å². The van der Waals surface area contributed by atoms with E-state index in [9.17, 15) is 4.79 Å². The van der Waals surface area contributed by atoms with Crippen molar-refractivity contribution in [3.05, 3.63) is 0 Å². The zero-order valence-corrected chi connectivity index (χ0v) is 10.3. The van der Waals surface area contributed by atoms with Gasteiger partial charge in [-0.3, -0.25) is 4.79 Å². The second-order valence-electron chi connectivity index (χ2n) is 5.41. The van der Waals surface area contributed by atoms with E-state index in [0.29, 0.717) is 18.8 Å². The Balaban J connectivity index is 2.03. The Kier molecular flexibility index (Phi) is 3.26. The zero-order chi connectivity index (χ0) is 12.5. The maximum Gasteiger partial charge on any atom is 0.234 e. The average Bonchev–Trinajstić information content (AvgIpc) is 2.62. The van der Waals surface area contributed by atoms with Gasteiger partial charge in [-0.15, -0.1) is 0 Å². The molecule has 0 bridgehead atoms. The van der Waals surface area contributed by atoms with Crippen molar-refractivity contribution in [1.29, 1.82) is 0 Å². The molecule has 2 rings (SSSR count). The van der Waals surface area contributed by atoms with Crippen molar-refractivity contribution in [3.8, 4) is 0 Å². The van der Waals surface area contributed by atoms with Gasteiger partial charge in [-0.25, -0.2) is 0 Å². The molecule has 2 saturated carbocycles. The smallest absolute Gasteiger partial charge is 0.234 e. The van der Waals surface area contributed by atoms with Crippen molar-refractivity contribution in [1.82, 2.24) is 5.32 Å². The molecule has 0 heterocycles. The lowest BCUT2D eigenvalue weighted by atomic mass is 9.67. The number of carbonyl (C=O) groups excluding carboxylic acids is 1. The summed E-state index contributed by atoms with van der Waals surface area (Å²) in [7, 11) is 0. The van der Waals surface area contributed by atoms with Gasteiger partial charge in [0.25, 0.3) is 0 Å². The van der Waals surface area contributed by atoms with Crippen LogP contribution < -0.4 is 11.1 Å². The van der Waals surface area contributed by atoms with Crippen LogP contribution in [0.2, 0.25) is 0 Å². The van der Waals surface area contributed by atoms with Crippen molar-refractivity contribution in [3.63, 3.8) is 0 Å². The number of oxime groups is 1. The fourth-order valence-corrected chi connectivity index (χ4v) is 2.89. The molecule has 5 nitrogen and oxygen atoms in total. The molecule has 0 aromatic carbocycles. The van der Waals surface area contributed by atoms with Crippen LogP contribution in [-0.2, 0) is 4.79 Å². The van der Waals surface area contributed by atoms with Crippen molar-refractivity contribution in [2.75, 3.05) is 0 Å². The highest BCUT2D eigenvalue weighted by atomic mass is 16.4. The number of hydrogen-bond donors (Lipinski definition) is 3. The van der Waals surface area contributed by atoms with E-state index >= 15 is 0 Å². The van der Waals surface area contributed by atoms with E-state index in [1.165, 1.54) is 12.8 Å². The molecule has 2 aliphatic carbocycles. The number of amides is 1. The van der Waals surface area contributed by atoms with E-state index in [4.69, 9.17) is 10.9 Å². The van der Waals surface area contributed by atoms with Crippen LogP contribution in [0, 0.1) is 11.3 Å². The fraction of sp³-hybridized carbons (Fsp3) is 0.833. The molecule has 0 saturated heterocycles. The van der Waals surface area contributed by atoms with Crippen LogP contribution in [0.5, 0.6) is 0 Å². The summed E-state index contributed by atoms with van der Waals surface area (Å²) < 4.78 is 0. The van der Waals surface area contributed by atoms with Crippen molar-refractivity contribution in [2.24, 2.45) is 22.2 Å². The second kappa shape index (κ2) is 4.55. The van der Waals surface area contributed by atoms with Gasteiger partial charge in [0.1, 0.15) is 5.41 Å². The van der Waals surface area contributed by atoms with E-state index in [1.807, 2.05) is 0 Å². The maximum absolute atomic E-state index is 12.3. The lowest BCUT2D eigenvalue weighted by molar-refractivity contribution is -0.132. The summed E-state index contributed by atoms with van der Waals surface area (Å²) in [4.78, 5) is 12.3. The van der Waals surface area contributed by atoms with Gasteiger partial charge in [0, 0.05) is 6.04 Å². The van der Waals surface area contributed by atoms with Crippen molar-refractivity contribution < 1.29 is 10.0 Å². The molecule has 0 spiro atoms. The number of carbonyl (C=O) groups is 1. The van der Waals surface area contributed by atoms with Gasteiger partial charge in [0.05, 0.1) is 0 Å². The lowest BCUT2D eigenvalue weighted by Gasteiger charge is -2.39. The van der Waals surface area contributed by atoms with Crippen LogP contribution in [0.25, 0.3) is 0 Å². The minimum absolute atomic E-state index is 0.0576. The Labute approximate surface area is 101 Å². The van der Waals surface area contributed by atoms with E-state index in [-0.39, 0.29) is 17.8 Å². The molecule has 96 valence electrons. The number of rotatable bonds is 3. The average molecular weight is 239 g/mol. The molecular formula is C12H21N3O2. The molecular weight excluding hydrogens is 218 g/mol. The monoisotopic (exact) mass is 239 g/mol. The highest BCUT2D eigenvalue weighted by molar-refractivity contribution is 6.07. The third-order valence-electron chi connectivity index (χ3n) is 4.42. The molecule has 2 fully saturated rings. The number of nitrogens with one attached hydrogen (secondary N) is 1. The highest BCUT2D eigenvalue weighted by Crippen LogP contribution is 2.42. The third-order valence-corrected chi connectivity index (χ3v) is 4.42. The fourth-order valence-electron chi connectivity index (χ4n) is 2.89. The summed E-state index contributed by atoms with van der Waals surface area (Å²) >= 11 is 0. The first-order valence-corrected chi connectivity index (χ1v) is 6.39. The van der Waals surface area contributed by atoms with E-state index in [0.717, 1.165) is 12.8 Å². The Hall–Kier alpha value is -1.26. The van der Waals surface area contributed by atoms with Crippen molar-refractivity contribution >= 4 is 11.7 Å². The van der Waals surface area contributed by atoms with Gasteiger partial charge < -0.3 is 16.3 Å². The van der Waals surface area contributed by atoms with E-state index in [2.05, 4.69) is 17.4 Å². The summed E-state index contributed by atoms with van der Waals surface area (Å²) in [5.41, 5.74) is 4.92. The standard InChI is InChI=1S/C12H21N3O2/c1-8-4-2-5-9(8)14-11(16)12(6-3-7-12)10(13)15-17/h8-9,17H,2-7H2,1H3,(H2,13,15)(H,14,16). The lowest BCUT2D eigenvalue weighted by Crippen LogP contribution is -2.56. The van der Waals surface area contributed by atoms with Gasteiger partial charge in [0.2, 0.25) is 5.91 Å². The Morgan fingerprint density at radius 2 is 2.12 bits per heavy atom. The maximum atomic E-state index is 12.3. The summed E-state index contributed by atoms with van der Waals surface area (Å²) in [6.45, 7) is 2.16. The van der Waals surface area contributed by atoms with Crippen LogP contribution in [0.4, 0.5) is 0 Å². The first kappa shape index (κ1) is 12.2. The molecule has 0 aromatic heterocycles. The second-order valence-corrected chi connectivity index (χ2v) is 5.41. The molecule has 0 aromatic rings. The number of nitrogens with zero attached hydrogens (tertiary/aromatic N) is 1. The molecule has 2 unspecified atom stereocenters. The van der Waals surface area contributed by atoms with Gasteiger partial charge in [0.15, 0.2) is 5.84 Å². The van der Waals surface area contributed by atoms with Crippen LogP contribution in [0.3, 0.4) is 0 Å². The molecule has 0 radical (unpaired) electrons. The quantitative estimate of drug-likeness (QED) is 0.299. The highest BCUT2D eigenvalue weighted by Gasteiger charge is 2.49. The summed E-state index contributed by atoms with van der Waals surface area (Å²) in [6, 6.07) is 0.256. The van der Waals surface area contributed by atoms with Gasteiger partial charge in [-0.2, -0.15) is 0 Å². The van der Waals surface area contributed by atoms with Gasteiger partial charge in [-0.1, -0.05) is 24.9 Å². The summed E-state index contributed by atoms with van der Waals surface area (Å²) in [5, 5.41) is 14.9. The van der Waals surface area contributed by atoms with Gasteiger partial charge in [-0.05, 0) is 31.6 Å². The minimum Gasteiger partial charge on any atom is -0.409 e. The predicted molar refractivity (Wildman–Crippen MR) is 64.6 cm³/mol. The first-order chi connectivity index (χ1) is 8.10. The van der Waals surface area contributed by atoms with Crippen LogP contribution in [-0.4, -0.2) is 23.0 Å². The largest absolute Gasteiger partial charge is 0.409 e. The normalized spacial score (nSPS) is 31.9. The molecule has 2 atom stereocenters. The Bertz CT molecular complexity index is 337. The van der Waals surface area contributed by atoms with E-state index < -0.39 is 5.41 Å². The van der Waals surface area contributed by atoms with Crippen LogP contribution in [0.15, 0.2) is 5.16 Å². The molecule has 1 amide bonds. The van der Waals surface area contributed by atoms with Crippen molar-refractivity contribution in [2.45, 2.75) is 51.5 Å². The molecule has 5 heteroatoms. The Morgan fingerprint density at radius 3 is 2.53 bits per heavy atom. The molecule has 2 aliphatic rings. The summed E-state index contributed by atoms with van der Waals surface area (Å²) in [5.74, 6) is 0.535. The third kappa shape index (κ3) is 1.98. The molecule has 4 N–H and O–H groups in total. The number of hydrogen-bond acceptors (Lipinski definition) is 3. The SMILES string of the molecule is CC1CCCC1NC(=O)C1(C(N)=NO)CCC1. The first-order valence-electron chi connectivity index (χ1n) is 6.39.